The quantitative estimate of drug-likeness (QED) is 0.846. The largest absolute Gasteiger partial charge is 0.481 e. The Morgan fingerprint density at radius 1 is 1.21 bits per heavy atom. The van der Waals surface area contributed by atoms with E-state index in [1.165, 1.54) is 25.8 Å². The first kappa shape index (κ1) is 13.4. The molecule has 1 aliphatic carbocycles. The van der Waals surface area contributed by atoms with Crippen molar-refractivity contribution in [2.45, 2.75) is 64.1 Å². The van der Waals surface area contributed by atoms with Gasteiger partial charge in [0.1, 0.15) is 0 Å². The minimum atomic E-state index is -0.619. The smallest absolute Gasteiger partial charge is 0.309 e. The average molecular weight is 266 g/mol. The summed E-state index contributed by atoms with van der Waals surface area (Å²) < 4.78 is 0. The fourth-order valence-electron chi connectivity index (χ4n) is 3.80. The Morgan fingerprint density at radius 2 is 1.84 bits per heavy atom. The molecule has 0 spiro atoms. The van der Waals surface area contributed by atoms with Crippen LogP contribution in [0.25, 0.3) is 0 Å². The molecule has 4 heteroatoms. The normalized spacial score (nSPS) is 36.5. The maximum Gasteiger partial charge on any atom is 0.309 e. The summed E-state index contributed by atoms with van der Waals surface area (Å²) in [7, 11) is 0. The topological polar surface area (TPSA) is 43.8 Å². The SMILES string of the molecule is CC1CC(N2CCC(C)(C(=O)O)CC2)CN1C1CC1. The maximum atomic E-state index is 11.3. The van der Waals surface area contributed by atoms with Crippen LogP contribution in [0, 0.1) is 5.41 Å². The van der Waals surface area contributed by atoms with Gasteiger partial charge in [-0.15, -0.1) is 0 Å². The van der Waals surface area contributed by atoms with Gasteiger partial charge in [0, 0.05) is 24.7 Å². The highest BCUT2D eigenvalue weighted by Gasteiger charge is 2.43. The Morgan fingerprint density at radius 3 is 2.37 bits per heavy atom. The van der Waals surface area contributed by atoms with E-state index in [2.05, 4.69) is 16.7 Å². The summed E-state index contributed by atoms with van der Waals surface area (Å²) >= 11 is 0. The Labute approximate surface area is 115 Å². The van der Waals surface area contributed by atoms with Crippen LogP contribution in [0.3, 0.4) is 0 Å². The van der Waals surface area contributed by atoms with Gasteiger partial charge < -0.3 is 5.11 Å². The minimum Gasteiger partial charge on any atom is -0.481 e. The van der Waals surface area contributed by atoms with Crippen LogP contribution in [0.5, 0.6) is 0 Å². The van der Waals surface area contributed by atoms with Crippen molar-refractivity contribution in [2.75, 3.05) is 19.6 Å². The highest BCUT2D eigenvalue weighted by Crippen LogP contribution is 2.37. The lowest BCUT2D eigenvalue weighted by Crippen LogP contribution is -2.47. The number of carbonyl (C=O) groups is 1. The zero-order valence-corrected chi connectivity index (χ0v) is 12.1. The van der Waals surface area contributed by atoms with Crippen molar-refractivity contribution in [3.63, 3.8) is 0 Å². The van der Waals surface area contributed by atoms with Gasteiger partial charge in [0.15, 0.2) is 0 Å². The lowest BCUT2D eigenvalue weighted by molar-refractivity contribution is -0.151. The number of aliphatic carboxylic acids is 1. The Balaban J connectivity index is 1.56. The van der Waals surface area contributed by atoms with Gasteiger partial charge in [-0.2, -0.15) is 0 Å². The monoisotopic (exact) mass is 266 g/mol. The first-order chi connectivity index (χ1) is 8.99. The molecule has 3 fully saturated rings. The summed E-state index contributed by atoms with van der Waals surface area (Å²) in [4.78, 5) is 16.5. The molecule has 3 rings (SSSR count). The highest BCUT2D eigenvalue weighted by molar-refractivity contribution is 5.74. The fourth-order valence-corrected chi connectivity index (χ4v) is 3.80. The molecule has 0 aromatic rings. The van der Waals surface area contributed by atoms with Crippen molar-refractivity contribution in [3.8, 4) is 0 Å². The van der Waals surface area contributed by atoms with E-state index >= 15 is 0 Å². The third-order valence-electron chi connectivity index (χ3n) is 5.55. The lowest BCUT2D eigenvalue weighted by atomic mass is 9.80. The molecule has 3 aliphatic rings. The second kappa shape index (κ2) is 4.74. The zero-order valence-electron chi connectivity index (χ0n) is 12.1. The number of hydrogen-bond donors (Lipinski definition) is 1. The van der Waals surface area contributed by atoms with Crippen LogP contribution >= 0.6 is 0 Å². The van der Waals surface area contributed by atoms with Crippen LogP contribution in [0.2, 0.25) is 0 Å². The molecule has 2 aliphatic heterocycles. The maximum absolute atomic E-state index is 11.3. The molecule has 1 saturated carbocycles. The summed E-state index contributed by atoms with van der Waals surface area (Å²) in [5, 5.41) is 9.29. The molecule has 0 aromatic carbocycles. The Bertz CT molecular complexity index is 359. The van der Waals surface area contributed by atoms with Crippen molar-refractivity contribution in [2.24, 2.45) is 5.41 Å². The zero-order chi connectivity index (χ0) is 13.6. The number of carboxylic acids is 1. The number of carboxylic acid groups (broad SMARTS) is 1. The Kier molecular flexibility index (Phi) is 3.34. The minimum absolute atomic E-state index is 0.489. The number of rotatable bonds is 3. The number of nitrogens with zero attached hydrogens (tertiary/aromatic N) is 2. The van der Waals surface area contributed by atoms with E-state index < -0.39 is 11.4 Å². The number of hydrogen-bond acceptors (Lipinski definition) is 3. The van der Waals surface area contributed by atoms with Gasteiger partial charge >= 0.3 is 5.97 Å². The summed E-state index contributed by atoms with van der Waals surface area (Å²) in [6, 6.07) is 2.23. The van der Waals surface area contributed by atoms with Crippen LogP contribution in [0.15, 0.2) is 0 Å². The second-order valence-electron chi connectivity index (χ2n) is 7.07. The highest BCUT2D eigenvalue weighted by atomic mass is 16.4. The van der Waals surface area contributed by atoms with Gasteiger partial charge in [-0.05, 0) is 59.0 Å². The third-order valence-corrected chi connectivity index (χ3v) is 5.55. The van der Waals surface area contributed by atoms with Crippen LogP contribution in [-0.4, -0.2) is 58.6 Å². The molecular formula is C15H26N2O2. The van der Waals surface area contributed by atoms with Crippen LogP contribution < -0.4 is 0 Å². The molecule has 0 aromatic heterocycles. The molecule has 4 nitrogen and oxygen atoms in total. The fraction of sp³-hybridized carbons (Fsp3) is 0.933. The number of likely N-dealkylation sites (tertiary alicyclic amines) is 2. The van der Waals surface area contributed by atoms with Crippen molar-refractivity contribution in [1.29, 1.82) is 0 Å². The van der Waals surface area contributed by atoms with Crippen molar-refractivity contribution in [1.82, 2.24) is 9.80 Å². The lowest BCUT2D eigenvalue weighted by Gasteiger charge is -2.39. The molecule has 2 unspecified atom stereocenters. The molecular weight excluding hydrogens is 240 g/mol. The van der Waals surface area contributed by atoms with Gasteiger partial charge in [-0.3, -0.25) is 14.6 Å². The van der Waals surface area contributed by atoms with E-state index in [1.54, 1.807) is 0 Å². The van der Waals surface area contributed by atoms with Crippen LogP contribution in [0.1, 0.15) is 46.0 Å². The van der Waals surface area contributed by atoms with E-state index in [-0.39, 0.29) is 0 Å². The summed E-state index contributed by atoms with van der Waals surface area (Å²) in [6.07, 6.45) is 5.63. The second-order valence-corrected chi connectivity index (χ2v) is 7.07. The van der Waals surface area contributed by atoms with E-state index in [9.17, 15) is 9.90 Å². The van der Waals surface area contributed by atoms with Gasteiger partial charge in [-0.1, -0.05) is 0 Å². The number of piperidine rings is 1. The first-order valence-corrected chi connectivity index (χ1v) is 7.73. The molecule has 2 atom stereocenters. The van der Waals surface area contributed by atoms with Gasteiger partial charge in [0.05, 0.1) is 5.41 Å². The van der Waals surface area contributed by atoms with Crippen molar-refractivity contribution < 1.29 is 9.90 Å². The van der Waals surface area contributed by atoms with Gasteiger partial charge in [0.2, 0.25) is 0 Å². The van der Waals surface area contributed by atoms with E-state index in [1.807, 2.05) is 6.92 Å². The summed E-state index contributed by atoms with van der Waals surface area (Å²) in [5.74, 6) is -0.619. The molecule has 108 valence electrons. The molecule has 2 heterocycles. The predicted molar refractivity (Wildman–Crippen MR) is 74.1 cm³/mol. The molecule has 0 amide bonds. The van der Waals surface area contributed by atoms with Crippen LogP contribution in [0.4, 0.5) is 0 Å². The van der Waals surface area contributed by atoms with Crippen molar-refractivity contribution >= 4 is 5.97 Å². The Hall–Kier alpha value is -0.610. The molecule has 0 bridgehead atoms. The molecule has 0 radical (unpaired) electrons. The first-order valence-electron chi connectivity index (χ1n) is 7.73. The van der Waals surface area contributed by atoms with Crippen LogP contribution in [-0.2, 0) is 4.79 Å². The average Bonchev–Trinajstić information content (AvgIpc) is 3.14. The third kappa shape index (κ3) is 2.52. The molecule has 2 saturated heterocycles. The van der Waals surface area contributed by atoms with Gasteiger partial charge in [0.25, 0.3) is 0 Å². The summed E-state index contributed by atoms with van der Waals surface area (Å²) in [5.41, 5.74) is -0.489. The molecule has 1 N–H and O–H groups in total. The van der Waals surface area contributed by atoms with Gasteiger partial charge in [-0.25, -0.2) is 0 Å². The van der Waals surface area contributed by atoms with E-state index in [4.69, 9.17) is 0 Å². The predicted octanol–water partition coefficient (Wildman–Crippen LogP) is 1.80. The van der Waals surface area contributed by atoms with Crippen molar-refractivity contribution in [3.05, 3.63) is 0 Å². The van der Waals surface area contributed by atoms with E-state index in [0.29, 0.717) is 12.1 Å². The molecule has 19 heavy (non-hydrogen) atoms. The standard InChI is InChI=1S/C15H26N2O2/c1-11-9-13(10-17(11)12-3-4-12)16-7-5-15(2,6-8-16)14(18)19/h11-13H,3-10H2,1-2H3,(H,18,19). The summed E-state index contributed by atoms with van der Waals surface area (Å²) in [6.45, 7) is 7.37. The van der Waals surface area contributed by atoms with E-state index in [0.717, 1.165) is 32.0 Å².